The molecule has 0 aromatic heterocycles. The lowest BCUT2D eigenvalue weighted by Gasteiger charge is -2.17. The van der Waals surface area contributed by atoms with Crippen molar-refractivity contribution in [1.82, 2.24) is 4.72 Å². The molecule has 2 atom stereocenters. The Kier molecular flexibility index (Phi) is 5.11. The summed E-state index contributed by atoms with van der Waals surface area (Å²) in [7, 11) is -3.79. The van der Waals surface area contributed by atoms with Crippen LogP contribution in [0.2, 0.25) is 5.02 Å². The van der Waals surface area contributed by atoms with Crippen molar-refractivity contribution in [1.29, 1.82) is 0 Å². The van der Waals surface area contributed by atoms with E-state index in [1.807, 2.05) is 0 Å². The van der Waals surface area contributed by atoms with Crippen LogP contribution in [0.5, 0.6) is 0 Å². The van der Waals surface area contributed by atoms with Crippen LogP contribution in [0.25, 0.3) is 0 Å². The third kappa shape index (κ3) is 4.08. The smallest absolute Gasteiger partial charge is 0.242 e. The molecule has 0 radical (unpaired) electrons. The second-order valence-electron chi connectivity index (χ2n) is 5.74. The van der Waals surface area contributed by atoms with E-state index in [1.54, 1.807) is 0 Å². The van der Waals surface area contributed by atoms with E-state index in [2.05, 4.69) is 11.6 Å². The molecule has 4 nitrogen and oxygen atoms in total. The molecule has 2 rings (SSSR count). The van der Waals surface area contributed by atoms with Crippen molar-refractivity contribution < 1.29 is 12.8 Å². The average molecular weight is 335 g/mol. The molecule has 7 heteroatoms. The zero-order valence-corrected chi connectivity index (χ0v) is 13.5. The van der Waals surface area contributed by atoms with E-state index in [9.17, 15) is 12.8 Å². The monoisotopic (exact) mass is 334 g/mol. The van der Waals surface area contributed by atoms with E-state index < -0.39 is 15.8 Å². The van der Waals surface area contributed by atoms with Crippen LogP contribution in [0.15, 0.2) is 17.0 Å². The molecule has 118 valence electrons. The molecule has 1 fully saturated rings. The second-order valence-corrected chi connectivity index (χ2v) is 7.83. The molecule has 0 aliphatic heterocycles. The summed E-state index contributed by atoms with van der Waals surface area (Å²) >= 11 is 5.84. The van der Waals surface area contributed by atoms with Gasteiger partial charge in [0.2, 0.25) is 10.0 Å². The topological polar surface area (TPSA) is 72.2 Å². The van der Waals surface area contributed by atoms with Gasteiger partial charge in [-0.1, -0.05) is 31.4 Å². The number of rotatable bonds is 3. The highest BCUT2D eigenvalue weighted by Crippen LogP contribution is 2.28. The third-order valence-corrected chi connectivity index (χ3v) is 5.91. The van der Waals surface area contributed by atoms with E-state index in [0.29, 0.717) is 5.92 Å². The van der Waals surface area contributed by atoms with Gasteiger partial charge in [0.05, 0.1) is 10.7 Å². The first-order valence-electron chi connectivity index (χ1n) is 7.06. The van der Waals surface area contributed by atoms with Crippen LogP contribution < -0.4 is 10.5 Å². The third-order valence-electron chi connectivity index (χ3n) is 3.92. The Morgan fingerprint density at radius 2 is 2.00 bits per heavy atom. The van der Waals surface area contributed by atoms with Gasteiger partial charge in [-0.2, -0.15) is 0 Å². The zero-order chi connectivity index (χ0) is 15.6. The summed E-state index contributed by atoms with van der Waals surface area (Å²) in [5, 5.41) is -0.156. The molecular formula is C14H20ClFN2O2S. The van der Waals surface area contributed by atoms with Crippen molar-refractivity contribution in [2.45, 2.75) is 50.0 Å². The highest BCUT2D eigenvalue weighted by Gasteiger charge is 2.25. The van der Waals surface area contributed by atoms with E-state index >= 15 is 0 Å². The number of anilines is 1. The van der Waals surface area contributed by atoms with Gasteiger partial charge >= 0.3 is 0 Å². The number of hydrogen-bond acceptors (Lipinski definition) is 3. The molecule has 1 aromatic carbocycles. The Balaban J connectivity index is 2.20. The molecule has 1 aromatic rings. The molecule has 21 heavy (non-hydrogen) atoms. The van der Waals surface area contributed by atoms with Crippen molar-refractivity contribution in [3.8, 4) is 0 Å². The normalized spacial score (nSPS) is 23.8. The lowest BCUT2D eigenvalue weighted by atomic mass is 10.0. The molecule has 0 bridgehead atoms. The molecule has 0 amide bonds. The maximum Gasteiger partial charge on any atom is 0.242 e. The van der Waals surface area contributed by atoms with Crippen LogP contribution in [0.1, 0.15) is 39.0 Å². The quantitative estimate of drug-likeness (QED) is 0.658. The van der Waals surface area contributed by atoms with Gasteiger partial charge in [0.25, 0.3) is 0 Å². The number of nitrogens with two attached hydrogens (primary N) is 1. The van der Waals surface area contributed by atoms with Crippen molar-refractivity contribution in [2.75, 3.05) is 5.73 Å². The summed E-state index contributed by atoms with van der Waals surface area (Å²) < 4.78 is 40.8. The van der Waals surface area contributed by atoms with Gasteiger partial charge in [0, 0.05) is 6.04 Å². The average Bonchev–Trinajstić information content (AvgIpc) is 2.58. The fraction of sp³-hybridized carbons (Fsp3) is 0.571. The van der Waals surface area contributed by atoms with Gasteiger partial charge in [0.15, 0.2) is 0 Å². The number of benzene rings is 1. The molecule has 3 N–H and O–H groups in total. The number of nitrogens with one attached hydrogen (secondary N) is 1. The first kappa shape index (κ1) is 16.5. The van der Waals surface area contributed by atoms with Gasteiger partial charge in [0.1, 0.15) is 10.7 Å². The largest absolute Gasteiger partial charge is 0.396 e. The lowest BCUT2D eigenvalue weighted by Crippen LogP contribution is -2.34. The van der Waals surface area contributed by atoms with Crippen molar-refractivity contribution >= 4 is 27.3 Å². The summed E-state index contributed by atoms with van der Waals surface area (Å²) in [6, 6.07) is 1.89. The predicted octanol–water partition coefficient (Wildman–Crippen LogP) is 3.31. The van der Waals surface area contributed by atoms with Gasteiger partial charge in [-0.25, -0.2) is 17.5 Å². The lowest BCUT2D eigenvalue weighted by molar-refractivity contribution is 0.484. The fourth-order valence-electron chi connectivity index (χ4n) is 2.64. The Labute approximate surface area is 129 Å². The minimum absolute atomic E-state index is 0.109. The Hall–Kier alpha value is -0.850. The molecule has 0 heterocycles. The van der Waals surface area contributed by atoms with E-state index in [0.717, 1.165) is 44.2 Å². The summed E-state index contributed by atoms with van der Waals surface area (Å²) in [5.74, 6) is -0.105. The first-order chi connectivity index (χ1) is 9.79. The molecular weight excluding hydrogens is 315 g/mol. The van der Waals surface area contributed by atoms with Crippen molar-refractivity contribution in [2.24, 2.45) is 5.92 Å². The van der Waals surface area contributed by atoms with Crippen LogP contribution in [-0.4, -0.2) is 14.5 Å². The van der Waals surface area contributed by atoms with Gasteiger partial charge in [-0.15, -0.1) is 0 Å². The zero-order valence-electron chi connectivity index (χ0n) is 11.9. The Morgan fingerprint density at radius 1 is 1.29 bits per heavy atom. The summed E-state index contributed by atoms with van der Waals surface area (Å²) in [5.41, 5.74) is 5.21. The highest BCUT2D eigenvalue weighted by atomic mass is 35.5. The van der Waals surface area contributed by atoms with Crippen LogP contribution >= 0.6 is 11.6 Å². The van der Waals surface area contributed by atoms with Crippen LogP contribution in [0.4, 0.5) is 10.1 Å². The van der Waals surface area contributed by atoms with Crippen LogP contribution in [0, 0.1) is 11.7 Å². The molecule has 1 aliphatic rings. The molecule has 1 aliphatic carbocycles. The van der Waals surface area contributed by atoms with Crippen molar-refractivity contribution in [3.05, 3.63) is 23.0 Å². The van der Waals surface area contributed by atoms with Crippen LogP contribution in [-0.2, 0) is 10.0 Å². The van der Waals surface area contributed by atoms with E-state index in [1.165, 1.54) is 0 Å². The number of hydrogen-bond donors (Lipinski definition) is 2. The van der Waals surface area contributed by atoms with E-state index in [4.69, 9.17) is 17.3 Å². The number of halogens is 2. The summed E-state index contributed by atoms with van der Waals surface area (Å²) in [4.78, 5) is -0.166. The van der Waals surface area contributed by atoms with Gasteiger partial charge in [-0.3, -0.25) is 0 Å². The minimum atomic E-state index is -3.79. The first-order valence-corrected chi connectivity index (χ1v) is 8.92. The summed E-state index contributed by atoms with van der Waals surface area (Å²) in [6.07, 6.45) is 4.70. The highest BCUT2D eigenvalue weighted by molar-refractivity contribution is 7.89. The molecule has 2 unspecified atom stereocenters. The number of sulfonamides is 1. The molecule has 1 saturated carbocycles. The Bertz CT molecular complexity index is 622. The second kappa shape index (κ2) is 6.50. The van der Waals surface area contributed by atoms with Crippen molar-refractivity contribution in [3.63, 3.8) is 0 Å². The van der Waals surface area contributed by atoms with E-state index in [-0.39, 0.29) is 21.6 Å². The van der Waals surface area contributed by atoms with Gasteiger partial charge < -0.3 is 5.73 Å². The minimum Gasteiger partial charge on any atom is -0.396 e. The molecule has 0 spiro atoms. The number of nitrogen functional groups attached to an aromatic ring is 1. The van der Waals surface area contributed by atoms with Crippen LogP contribution in [0.3, 0.4) is 0 Å². The SMILES string of the molecule is CC1CCCC(NS(=O)(=O)c2cc(N)c(F)cc2Cl)CC1. The Morgan fingerprint density at radius 3 is 2.71 bits per heavy atom. The maximum atomic E-state index is 13.3. The standard InChI is InChI=1S/C14H20ClFN2O2S/c1-9-3-2-4-10(6-5-9)18-21(19,20)14-8-13(17)12(16)7-11(14)15/h7-10,18H,2-6,17H2,1H3. The summed E-state index contributed by atoms with van der Waals surface area (Å²) in [6.45, 7) is 2.18. The predicted molar refractivity (Wildman–Crippen MR) is 82.2 cm³/mol. The molecule has 0 saturated heterocycles. The van der Waals surface area contributed by atoms with Gasteiger partial charge in [-0.05, 0) is 37.3 Å². The maximum absolute atomic E-state index is 13.3. The fourth-order valence-corrected chi connectivity index (χ4v) is 4.49.